The van der Waals surface area contributed by atoms with Crippen molar-refractivity contribution in [3.8, 4) is 22.7 Å². The van der Waals surface area contributed by atoms with Crippen molar-refractivity contribution in [3.05, 3.63) is 65.9 Å². The number of carbonyl (C=O) groups is 1. The highest BCUT2D eigenvalue weighted by molar-refractivity contribution is 5.94. The van der Waals surface area contributed by atoms with Crippen molar-refractivity contribution in [1.82, 2.24) is 20.0 Å². The van der Waals surface area contributed by atoms with E-state index >= 15 is 0 Å². The average molecular weight is 405 g/mol. The van der Waals surface area contributed by atoms with Crippen LogP contribution in [0.1, 0.15) is 28.9 Å². The number of nitrogens with zero attached hydrogens (tertiary/aromatic N) is 3. The average Bonchev–Trinajstić information content (AvgIpc) is 3.44. The molecule has 0 bridgehead atoms. The van der Waals surface area contributed by atoms with E-state index < -0.39 is 0 Å². The molecule has 0 aliphatic carbocycles. The van der Waals surface area contributed by atoms with Gasteiger partial charge in [0.25, 0.3) is 5.91 Å². The van der Waals surface area contributed by atoms with Gasteiger partial charge >= 0.3 is 0 Å². The molecule has 1 fully saturated rings. The lowest BCUT2D eigenvalue weighted by molar-refractivity contribution is 0.0942. The summed E-state index contributed by atoms with van der Waals surface area (Å²) < 4.78 is 6.98. The van der Waals surface area contributed by atoms with Crippen molar-refractivity contribution in [1.29, 1.82) is 0 Å². The molecule has 0 atom stereocenters. The van der Waals surface area contributed by atoms with Gasteiger partial charge in [0.15, 0.2) is 0 Å². The molecule has 1 N–H and O–H groups in total. The van der Waals surface area contributed by atoms with Crippen LogP contribution in [0, 0.1) is 6.92 Å². The zero-order valence-corrected chi connectivity index (χ0v) is 17.6. The van der Waals surface area contributed by atoms with E-state index in [4.69, 9.17) is 9.84 Å². The van der Waals surface area contributed by atoms with Crippen LogP contribution in [0.3, 0.4) is 0 Å². The van der Waals surface area contributed by atoms with Crippen molar-refractivity contribution in [3.63, 3.8) is 0 Å². The number of amides is 1. The zero-order chi connectivity index (χ0) is 20.9. The van der Waals surface area contributed by atoms with E-state index in [1.54, 1.807) is 11.8 Å². The van der Waals surface area contributed by atoms with Crippen LogP contribution in [0.4, 0.5) is 0 Å². The summed E-state index contributed by atoms with van der Waals surface area (Å²) in [4.78, 5) is 15.4. The number of aryl methyl sites for hydroxylation is 1. The molecular weight excluding hydrogens is 376 g/mol. The van der Waals surface area contributed by atoms with E-state index in [-0.39, 0.29) is 5.91 Å². The predicted molar refractivity (Wildman–Crippen MR) is 118 cm³/mol. The van der Waals surface area contributed by atoms with E-state index in [0.717, 1.165) is 47.9 Å². The maximum absolute atomic E-state index is 13.0. The predicted octanol–water partition coefficient (Wildman–Crippen LogP) is 3.68. The Hall–Kier alpha value is -3.12. The number of carbonyl (C=O) groups excluding carboxylic acids is 1. The number of methoxy groups -OCH3 is 1. The monoisotopic (exact) mass is 404 g/mol. The minimum Gasteiger partial charge on any atom is -0.497 e. The second-order valence-electron chi connectivity index (χ2n) is 7.70. The lowest BCUT2D eigenvalue weighted by atomic mass is 10.1. The molecule has 6 nitrogen and oxygen atoms in total. The van der Waals surface area contributed by atoms with Crippen molar-refractivity contribution in [2.75, 3.05) is 33.3 Å². The second-order valence-corrected chi connectivity index (χ2v) is 7.70. The van der Waals surface area contributed by atoms with E-state index in [9.17, 15) is 4.79 Å². The van der Waals surface area contributed by atoms with E-state index in [0.29, 0.717) is 12.2 Å². The third kappa shape index (κ3) is 4.54. The van der Waals surface area contributed by atoms with Crippen molar-refractivity contribution in [2.24, 2.45) is 0 Å². The summed E-state index contributed by atoms with van der Waals surface area (Å²) in [6.07, 6.45) is 2.50. The fourth-order valence-electron chi connectivity index (χ4n) is 3.83. The molecule has 2 aromatic carbocycles. The molecule has 0 unspecified atom stereocenters. The molecule has 1 saturated heterocycles. The summed E-state index contributed by atoms with van der Waals surface area (Å²) in [7, 11) is 1.64. The molecule has 2 heterocycles. The number of ether oxygens (including phenoxy) is 1. The summed E-state index contributed by atoms with van der Waals surface area (Å²) in [5, 5.41) is 7.83. The van der Waals surface area contributed by atoms with Crippen LogP contribution >= 0.6 is 0 Å². The van der Waals surface area contributed by atoms with Gasteiger partial charge in [-0.1, -0.05) is 12.1 Å². The van der Waals surface area contributed by atoms with Gasteiger partial charge in [0, 0.05) is 18.7 Å². The Labute approximate surface area is 177 Å². The molecule has 1 aliphatic heterocycles. The minimum absolute atomic E-state index is 0.108. The molecule has 156 valence electrons. The lowest BCUT2D eigenvalue weighted by Crippen LogP contribution is -2.34. The van der Waals surface area contributed by atoms with Gasteiger partial charge in [-0.25, -0.2) is 4.68 Å². The molecule has 30 heavy (non-hydrogen) atoms. The Morgan fingerprint density at radius 2 is 1.87 bits per heavy atom. The molecule has 0 radical (unpaired) electrons. The molecule has 0 spiro atoms. The summed E-state index contributed by atoms with van der Waals surface area (Å²) in [5.41, 5.74) is 4.22. The Morgan fingerprint density at radius 1 is 1.10 bits per heavy atom. The van der Waals surface area contributed by atoms with Gasteiger partial charge in [-0.15, -0.1) is 0 Å². The number of hydrogen-bond acceptors (Lipinski definition) is 4. The minimum atomic E-state index is -0.108. The number of nitrogens with one attached hydrogen (secondary N) is 1. The van der Waals surface area contributed by atoms with Crippen LogP contribution < -0.4 is 10.1 Å². The maximum Gasteiger partial charge on any atom is 0.270 e. The molecule has 1 amide bonds. The number of likely N-dealkylation sites (tertiary alicyclic amines) is 1. The van der Waals surface area contributed by atoms with E-state index in [1.165, 1.54) is 12.8 Å². The fraction of sp³-hybridized carbons (Fsp3) is 0.333. The molecule has 3 aromatic rings. The Kier molecular flexibility index (Phi) is 6.14. The Bertz CT molecular complexity index is 1000. The topological polar surface area (TPSA) is 59.4 Å². The van der Waals surface area contributed by atoms with E-state index in [1.807, 2.05) is 61.5 Å². The van der Waals surface area contributed by atoms with Crippen molar-refractivity contribution in [2.45, 2.75) is 19.8 Å². The summed E-state index contributed by atoms with van der Waals surface area (Å²) in [6, 6.07) is 17.6. The first kappa shape index (κ1) is 20.2. The van der Waals surface area contributed by atoms with Gasteiger partial charge in [-0.2, -0.15) is 5.10 Å². The highest BCUT2D eigenvalue weighted by Gasteiger charge is 2.18. The van der Waals surface area contributed by atoms with E-state index in [2.05, 4.69) is 10.2 Å². The van der Waals surface area contributed by atoms with Gasteiger partial charge in [0.1, 0.15) is 11.4 Å². The highest BCUT2D eigenvalue weighted by atomic mass is 16.5. The Balaban J connectivity index is 1.60. The van der Waals surface area contributed by atoms with Crippen LogP contribution in [-0.2, 0) is 0 Å². The molecule has 1 aromatic heterocycles. The molecule has 4 rings (SSSR count). The van der Waals surface area contributed by atoms with Crippen molar-refractivity contribution < 1.29 is 9.53 Å². The van der Waals surface area contributed by atoms with Crippen LogP contribution in [0.2, 0.25) is 0 Å². The summed E-state index contributed by atoms with van der Waals surface area (Å²) in [6.45, 7) is 5.80. The maximum atomic E-state index is 13.0. The third-order valence-corrected chi connectivity index (χ3v) is 5.49. The lowest BCUT2D eigenvalue weighted by Gasteiger charge is -2.15. The zero-order valence-electron chi connectivity index (χ0n) is 17.6. The Morgan fingerprint density at radius 3 is 2.57 bits per heavy atom. The van der Waals surface area contributed by atoms with Gasteiger partial charge in [0.05, 0.1) is 18.5 Å². The standard InChI is InChI=1S/C24H28N4O2/c1-18-6-5-7-20(16-18)28-23(24(29)25-12-15-27-13-3-4-14-27)17-22(26-28)19-8-10-21(30-2)11-9-19/h5-11,16-17H,3-4,12-15H2,1-2H3,(H,25,29). The largest absolute Gasteiger partial charge is 0.497 e. The van der Waals surface area contributed by atoms with Crippen LogP contribution in [0.5, 0.6) is 5.75 Å². The smallest absolute Gasteiger partial charge is 0.270 e. The quantitative estimate of drug-likeness (QED) is 0.653. The third-order valence-electron chi connectivity index (χ3n) is 5.49. The fourth-order valence-corrected chi connectivity index (χ4v) is 3.83. The van der Waals surface area contributed by atoms with Crippen LogP contribution in [0.15, 0.2) is 54.6 Å². The molecular formula is C24H28N4O2. The van der Waals surface area contributed by atoms with Crippen molar-refractivity contribution >= 4 is 5.91 Å². The summed E-state index contributed by atoms with van der Waals surface area (Å²) >= 11 is 0. The first-order valence-corrected chi connectivity index (χ1v) is 10.5. The van der Waals surface area contributed by atoms with Gasteiger partial charge in [-0.05, 0) is 80.9 Å². The van der Waals surface area contributed by atoms with Gasteiger partial charge in [0.2, 0.25) is 0 Å². The number of benzene rings is 2. The number of hydrogen-bond donors (Lipinski definition) is 1. The number of rotatable bonds is 7. The van der Waals surface area contributed by atoms with Crippen LogP contribution in [-0.4, -0.2) is 53.9 Å². The highest BCUT2D eigenvalue weighted by Crippen LogP contribution is 2.24. The molecule has 6 heteroatoms. The second kappa shape index (κ2) is 9.13. The first-order chi connectivity index (χ1) is 14.6. The summed E-state index contributed by atoms with van der Waals surface area (Å²) in [5.74, 6) is 0.680. The SMILES string of the molecule is COc1ccc(-c2cc(C(=O)NCCN3CCCC3)n(-c3cccc(C)c3)n2)cc1. The van der Waals surface area contributed by atoms with Gasteiger partial charge in [-0.3, -0.25) is 4.79 Å². The van der Waals surface area contributed by atoms with Gasteiger partial charge < -0.3 is 15.0 Å². The first-order valence-electron chi connectivity index (χ1n) is 10.5. The van der Waals surface area contributed by atoms with Crippen LogP contribution in [0.25, 0.3) is 16.9 Å². The number of aromatic nitrogens is 2. The molecule has 0 saturated carbocycles. The molecule has 1 aliphatic rings. The normalized spacial score (nSPS) is 14.1.